The van der Waals surface area contributed by atoms with E-state index in [1.165, 1.54) is 17.5 Å². The van der Waals surface area contributed by atoms with Crippen LogP contribution in [0.25, 0.3) is 10.9 Å². The van der Waals surface area contributed by atoms with Gasteiger partial charge in [0.15, 0.2) is 0 Å². The van der Waals surface area contributed by atoms with Crippen molar-refractivity contribution in [3.8, 4) is 0 Å². The van der Waals surface area contributed by atoms with Crippen LogP contribution >= 0.6 is 23.2 Å². The average molecular weight is 465 g/mol. The molecule has 0 fully saturated rings. The summed E-state index contributed by atoms with van der Waals surface area (Å²) in [6, 6.07) is 16.8. The lowest BCUT2D eigenvalue weighted by molar-refractivity contribution is 0.525. The van der Waals surface area contributed by atoms with Gasteiger partial charge in [0.25, 0.3) is 0 Å². The molecule has 0 aliphatic carbocycles. The van der Waals surface area contributed by atoms with Crippen molar-refractivity contribution < 1.29 is 0 Å². The van der Waals surface area contributed by atoms with Crippen molar-refractivity contribution in [2.75, 3.05) is 11.9 Å². The standard InChI is InChI=1S/C26H26Cl2N4/c1-2-24(19-13-21(27)15-22(28)14-19)32-25-10-6-17(12-20(25)16-30-32)5-8-23-9-7-18-4-3-11-29-26(18)31-23/h6-7,9-10,12-16,24H,2-5,8,11H2,1H3,(H,29,31). The largest absolute Gasteiger partial charge is 0.370 e. The van der Waals surface area contributed by atoms with Gasteiger partial charge in [0.1, 0.15) is 5.82 Å². The molecule has 0 saturated heterocycles. The molecule has 1 N–H and O–H groups in total. The van der Waals surface area contributed by atoms with Gasteiger partial charge in [-0.15, -0.1) is 0 Å². The summed E-state index contributed by atoms with van der Waals surface area (Å²) in [6.07, 6.45) is 7.03. The molecule has 2 aromatic heterocycles. The van der Waals surface area contributed by atoms with Crippen LogP contribution in [-0.4, -0.2) is 21.3 Å². The van der Waals surface area contributed by atoms with E-state index in [0.29, 0.717) is 10.0 Å². The molecule has 0 spiro atoms. The number of nitrogens with zero attached hydrogens (tertiary/aromatic N) is 3. The van der Waals surface area contributed by atoms with Gasteiger partial charge in [-0.05, 0) is 85.2 Å². The van der Waals surface area contributed by atoms with Crippen molar-refractivity contribution in [2.45, 2.75) is 45.1 Å². The van der Waals surface area contributed by atoms with Gasteiger partial charge < -0.3 is 5.32 Å². The average Bonchev–Trinajstić information content (AvgIpc) is 3.20. The van der Waals surface area contributed by atoms with Crippen molar-refractivity contribution in [1.29, 1.82) is 0 Å². The summed E-state index contributed by atoms with van der Waals surface area (Å²) in [5.41, 5.74) is 5.96. The van der Waals surface area contributed by atoms with Crippen LogP contribution in [-0.2, 0) is 19.3 Å². The van der Waals surface area contributed by atoms with E-state index in [9.17, 15) is 0 Å². The number of anilines is 1. The Labute approximate surface area is 198 Å². The van der Waals surface area contributed by atoms with E-state index in [2.05, 4.69) is 47.3 Å². The fourth-order valence-electron chi connectivity index (χ4n) is 4.60. The van der Waals surface area contributed by atoms with Crippen LogP contribution in [0.3, 0.4) is 0 Å². The Kier molecular flexibility index (Phi) is 6.07. The second-order valence-corrected chi connectivity index (χ2v) is 9.32. The van der Waals surface area contributed by atoms with E-state index >= 15 is 0 Å². The van der Waals surface area contributed by atoms with Crippen molar-refractivity contribution in [2.24, 2.45) is 0 Å². The molecule has 0 saturated carbocycles. The highest BCUT2D eigenvalue weighted by Crippen LogP contribution is 2.30. The van der Waals surface area contributed by atoms with Gasteiger partial charge >= 0.3 is 0 Å². The molecule has 4 aromatic rings. The number of aromatic nitrogens is 3. The second-order valence-electron chi connectivity index (χ2n) is 8.45. The maximum absolute atomic E-state index is 6.25. The predicted octanol–water partition coefficient (Wildman–Crippen LogP) is 6.88. The number of hydrogen-bond donors (Lipinski definition) is 1. The molecule has 0 radical (unpaired) electrons. The maximum Gasteiger partial charge on any atom is 0.129 e. The number of benzene rings is 2. The number of hydrogen-bond acceptors (Lipinski definition) is 3. The van der Waals surface area contributed by atoms with E-state index < -0.39 is 0 Å². The summed E-state index contributed by atoms with van der Waals surface area (Å²) in [7, 11) is 0. The highest BCUT2D eigenvalue weighted by Gasteiger charge is 2.17. The van der Waals surface area contributed by atoms with Gasteiger partial charge in [-0.3, -0.25) is 4.68 Å². The van der Waals surface area contributed by atoms with E-state index in [4.69, 9.17) is 33.3 Å². The SMILES string of the molecule is CCC(c1cc(Cl)cc(Cl)c1)n1ncc2cc(CCc3ccc4c(n3)NCCC4)ccc21. The third-order valence-electron chi connectivity index (χ3n) is 6.23. The summed E-state index contributed by atoms with van der Waals surface area (Å²) in [4.78, 5) is 4.83. The minimum absolute atomic E-state index is 0.0849. The summed E-state index contributed by atoms with van der Waals surface area (Å²) in [5, 5.41) is 10.6. The van der Waals surface area contributed by atoms with Crippen LogP contribution in [0.5, 0.6) is 0 Å². The Morgan fingerprint density at radius 2 is 1.88 bits per heavy atom. The Hall–Kier alpha value is -2.56. The van der Waals surface area contributed by atoms with Crippen LogP contribution in [0.15, 0.2) is 54.7 Å². The lowest BCUT2D eigenvalue weighted by Gasteiger charge is -2.18. The Balaban J connectivity index is 1.36. The predicted molar refractivity (Wildman–Crippen MR) is 133 cm³/mol. The Bertz CT molecular complexity index is 1240. The molecule has 1 aliphatic rings. The van der Waals surface area contributed by atoms with Gasteiger partial charge in [0, 0.05) is 27.7 Å². The number of pyridine rings is 1. The zero-order chi connectivity index (χ0) is 22.1. The molecule has 1 unspecified atom stereocenters. The molecule has 1 aliphatic heterocycles. The number of rotatable bonds is 6. The Morgan fingerprint density at radius 3 is 2.69 bits per heavy atom. The molecule has 4 nitrogen and oxygen atoms in total. The van der Waals surface area contributed by atoms with Crippen LogP contribution < -0.4 is 5.32 Å². The third-order valence-corrected chi connectivity index (χ3v) is 6.67. The maximum atomic E-state index is 6.25. The topological polar surface area (TPSA) is 42.7 Å². The third kappa shape index (κ3) is 4.35. The number of fused-ring (bicyclic) bond motifs is 2. The normalized spacial score (nSPS) is 14.2. The second kappa shape index (κ2) is 9.13. The molecule has 32 heavy (non-hydrogen) atoms. The fraction of sp³-hybridized carbons (Fsp3) is 0.308. The lowest BCUT2D eigenvalue weighted by atomic mass is 10.0. The highest BCUT2D eigenvalue weighted by atomic mass is 35.5. The first-order chi connectivity index (χ1) is 15.6. The quantitative estimate of drug-likeness (QED) is 0.338. The molecule has 0 bridgehead atoms. The van der Waals surface area contributed by atoms with E-state index in [-0.39, 0.29) is 6.04 Å². The van der Waals surface area contributed by atoms with E-state index in [1.54, 1.807) is 6.07 Å². The first-order valence-corrected chi connectivity index (χ1v) is 12.0. The van der Waals surface area contributed by atoms with Gasteiger partial charge in [0.2, 0.25) is 0 Å². The first-order valence-electron chi connectivity index (χ1n) is 11.3. The molecule has 5 rings (SSSR count). The smallest absolute Gasteiger partial charge is 0.129 e. The highest BCUT2D eigenvalue weighted by molar-refractivity contribution is 6.34. The lowest BCUT2D eigenvalue weighted by Crippen LogP contribution is -2.14. The Morgan fingerprint density at radius 1 is 1.03 bits per heavy atom. The van der Waals surface area contributed by atoms with Crippen molar-refractivity contribution in [3.05, 3.63) is 87.2 Å². The van der Waals surface area contributed by atoms with E-state index in [0.717, 1.165) is 60.2 Å². The van der Waals surface area contributed by atoms with Crippen LogP contribution in [0.1, 0.15) is 48.2 Å². The summed E-state index contributed by atoms with van der Waals surface area (Å²) in [5.74, 6) is 1.07. The van der Waals surface area contributed by atoms with Gasteiger partial charge in [-0.1, -0.05) is 42.3 Å². The van der Waals surface area contributed by atoms with Crippen molar-refractivity contribution in [1.82, 2.24) is 14.8 Å². The molecule has 0 amide bonds. The monoisotopic (exact) mass is 464 g/mol. The van der Waals surface area contributed by atoms with Gasteiger partial charge in [-0.2, -0.15) is 5.10 Å². The molecule has 3 heterocycles. The molecule has 6 heteroatoms. The summed E-state index contributed by atoms with van der Waals surface area (Å²) < 4.78 is 2.08. The van der Waals surface area contributed by atoms with Gasteiger partial charge in [-0.25, -0.2) is 4.98 Å². The molecule has 2 aromatic carbocycles. The fourth-order valence-corrected chi connectivity index (χ4v) is 5.15. The summed E-state index contributed by atoms with van der Waals surface area (Å²) in [6.45, 7) is 3.17. The number of nitrogens with one attached hydrogen (secondary N) is 1. The van der Waals surface area contributed by atoms with Crippen LogP contribution in [0.4, 0.5) is 5.82 Å². The molecule has 1 atom stereocenters. The van der Waals surface area contributed by atoms with Crippen molar-refractivity contribution >= 4 is 39.9 Å². The minimum atomic E-state index is 0.0849. The summed E-state index contributed by atoms with van der Waals surface area (Å²) >= 11 is 12.5. The molecular weight excluding hydrogens is 439 g/mol. The number of halogens is 2. The van der Waals surface area contributed by atoms with Gasteiger partial charge in [0.05, 0.1) is 17.8 Å². The minimum Gasteiger partial charge on any atom is -0.370 e. The number of aryl methyl sites for hydroxylation is 3. The van der Waals surface area contributed by atoms with E-state index in [1.807, 2.05) is 18.3 Å². The molecular formula is C26H26Cl2N4. The zero-order valence-corrected chi connectivity index (χ0v) is 19.6. The molecule has 164 valence electrons. The van der Waals surface area contributed by atoms with Crippen LogP contribution in [0, 0.1) is 0 Å². The van der Waals surface area contributed by atoms with Crippen molar-refractivity contribution in [3.63, 3.8) is 0 Å². The van der Waals surface area contributed by atoms with Crippen LogP contribution in [0.2, 0.25) is 10.0 Å². The first kappa shape index (κ1) is 21.3. The zero-order valence-electron chi connectivity index (χ0n) is 18.1.